The van der Waals surface area contributed by atoms with E-state index in [4.69, 9.17) is 4.74 Å². The summed E-state index contributed by atoms with van der Waals surface area (Å²) in [7, 11) is 1.54. The molecule has 4 rings (SSSR count). The average Bonchev–Trinajstić information content (AvgIpc) is 2.80. The van der Waals surface area contributed by atoms with E-state index in [0.717, 1.165) is 29.6 Å². The molecular weight excluding hydrogens is 378 g/mol. The van der Waals surface area contributed by atoms with E-state index in [0.29, 0.717) is 29.0 Å². The molecule has 2 saturated carbocycles. The third kappa shape index (κ3) is 4.65. The minimum absolute atomic E-state index is 0.300. The highest BCUT2D eigenvalue weighted by Crippen LogP contribution is 2.42. The molecule has 0 aromatic heterocycles. The second-order valence-electron chi connectivity index (χ2n) is 9.76. The second kappa shape index (κ2) is 9.66. The van der Waals surface area contributed by atoms with Crippen molar-refractivity contribution >= 4 is 10.8 Å². The van der Waals surface area contributed by atoms with Crippen LogP contribution in [0, 0.1) is 35.3 Å². The van der Waals surface area contributed by atoms with E-state index in [1.165, 1.54) is 64.9 Å². The molecule has 2 aliphatic rings. The highest BCUT2D eigenvalue weighted by atomic mass is 19.2. The van der Waals surface area contributed by atoms with Crippen molar-refractivity contribution in [1.82, 2.24) is 0 Å². The summed E-state index contributed by atoms with van der Waals surface area (Å²) in [5.41, 5.74) is 0.519. The number of hydrogen-bond acceptors (Lipinski definition) is 1. The Morgan fingerprint density at radius 3 is 2.07 bits per heavy atom. The Balaban J connectivity index is 1.32. The van der Waals surface area contributed by atoms with Gasteiger partial charge >= 0.3 is 0 Å². The number of benzene rings is 2. The Hall–Kier alpha value is -1.64. The first-order valence-electron chi connectivity index (χ1n) is 12.0. The van der Waals surface area contributed by atoms with Crippen molar-refractivity contribution in [1.29, 1.82) is 0 Å². The van der Waals surface area contributed by atoms with Gasteiger partial charge in [-0.15, -0.1) is 0 Å². The largest absolute Gasteiger partial charge is 0.497 e. The van der Waals surface area contributed by atoms with Crippen LogP contribution in [0.3, 0.4) is 0 Å². The Morgan fingerprint density at radius 1 is 0.833 bits per heavy atom. The quantitative estimate of drug-likeness (QED) is 0.464. The van der Waals surface area contributed by atoms with E-state index in [2.05, 4.69) is 6.92 Å². The predicted octanol–water partition coefficient (Wildman–Crippen LogP) is 8.08. The molecule has 0 N–H and O–H groups in total. The van der Waals surface area contributed by atoms with Crippen molar-refractivity contribution < 1.29 is 13.5 Å². The summed E-state index contributed by atoms with van der Waals surface area (Å²) < 4.78 is 34.4. The van der Waals surface area contributed by atoms with E-state index < -0.39 is 11.6 Å². The van der Waals surface area contributed by atoms with Gasteiger partial charge < -0.3 is 4.74 Å². The lowest BCUT2D eigenvalue weighted by atomic mass is 9.68. The number of ether oxygens (including phenoxy) is 1. The summed E-state index contributed by atoms with van der Waals surface area (Å²) in [5, 5.41) is 1.05. The van der Waals surface area contributed by atoms with Crippen molar-refractivity contribution in [2.24, 2.45) is 23.7 Å². The van der Waals surface area contributed by atoms with Gasteiger partial charge in [0.25, 0.3) is 0 Å². The highest BCUT2D eigenvalue weighted by Gasteiger charge is 2.30. The van der Waals surface area contributed by atoms with Crippen molar-refractivity contribution in [3.05, 3.63) is 41.5 Å². The molecule has 0 radical (unpaired) electrons. The molecule has 0 heterocycles. The van der Waals surface area contributed by atoms with Gasteiger partial charge in [-0.3, -0.25) is 0 Å². The van der Waals surface area contributed by atoms with Crippen molar-refractivity contribution in [2.45, 2.75) is 77.6 Å². The molecule has 30 heavy (non-hydrogen) atoms. The molecule has 3 heteroatoms. The highest BCUT2D eigenvalue weighted by molar-refractivity contribution is 5.85. The maximum absolute atomic E-state index is 14.7. The van der Waals surface area contributed by atoms with Gasteiger partial charge in [0, 0.05) is 5.39 Å². The monoisotopic (exact) mass is 414 g/mol. The van der Waals surface area contributed by atoms with Gasteiger partial charge in [-0.25, -0.2) is 8.78 Å². The molecule has 2 aromatic carbocycles. The number of aryl methyl sites for hydroxylation is 1. The van der Waals surface area contributed by atoms with Crippen LogP contribution in [-0.4, -0.2) is 7.11 Å². The molecule has 0 saturated heterocycles. The Bertz CT molecular complexity index is 846. The number of halogens is 2. The maximum atomic E-state index is 14.7. The van der Waals surface area contributed by atoms with Crippen LogP contribution in [0.25, 0.3) is 10.8 Å². The molecule has 164 valence electrons. The first-order valence-corrected chi connectivity index (χ1v) is 12.0. The van der Waals surface area contributed by atoms with Crippen molar-refractivity contribution in [3.8, 4) is 5.75 Å². The summed E-state index contributed by atoms with van der Waals surface area (Å²) >= 11 is 0. The van der Waals surface area contributed by atoms with Gasteiger partial charge in [0.2, 0.25) is 0 Å². The number of fused-ring (bicyclic) bond motifs is 1. The van der Waals surface area contributed by atoms with E-state index in [-0.39, 0.29) is 0 Å². The van der Waals surface area contributed by atoms with Crippen LogP contribution in [0.15, 0.2) is 24.3 Å². The number of methoxy groups -OCH3 is 1. The topological polar surface area (TPSA) is 9.23 Å². The van der Waals surface area contributed by atoms with E-state index in [9.17, 15) is 8.78 Å². The lowest BCUT2D eigenvalue weighted by Crippen LogP contribution is -2.25. The average molecular weight is 415 g/mol. The fraction of sp³-hybridized carbons (Fsp3) is 0.630. The standard InChI is InChI=1S/C27H36F2O/c1-3-18-4-9-20(10-5-18)21-11-6-19(7-12-21)8-13-23-16-22-14-15-24(30-2)17-25(22)27(29)26(23)28/h14-21H,3-13H2,1-2H3. The Morgan fingerprint density at radius 2 is 1.47 bits per heavy atom. The van der Waals surface area contributed by atoms with E-state index in [1.807, 2.05) is 12.1 Å². The third-order valence-electron chi connectivity index (χ3n) is 8.15. The summed E-state index contributed by atoms with van der Waals surface area (Å²) in [6.45, 7) is 2.33. The summed E-state index contributed by atoms with van der Waals surface area (Å²) in [6, 6.07) is 7.02. The molecule has 0 spiro atoms. The minimum atomic E-state index is -0.743. The first-order chi connectivity index (χ1) is 14.6. The van der Waals surface area contributed by atoms with Crippen LogP contribution in [0.1, 0.15) is 76.7 Å². The van der Waals surface area contributed by atoms with Crippen LogP contribution in [-0.2, 0) is 6.42 Å². The summed E-state index contributed by atoms with van der Waals surface area (Å²) in [6.07, 6.45) is 13.8. The zero-order valence-corrected chi connectivity index (χ0v) is 18.6. The lowest BCUT2D eigenvalue weighted by Gasteiger charge is -2.37. The molecule has 0 amide bonds. The fourth-order valence-corrected chi connectivity index (χ4v) is 6.05. The smallest absolute Gasteiger partial charge is 0.167 e. The zero-order valence-electron chi connectivity index (χ0n) is 18.6. The SMILES string of the molecule is CCC1CCC(C2CCC(CCc3cc4ccc(OC)cc4c(F)c3F)CC2)CC1. The molecular formula is C27H36F2O. The molecule has 2 fully saturated rings. The van der Waals surface area contributed by atoms with Gasteiger partial charge in [0.05, 0.1) is 7.11 Å². The lowest BCUT2D eigenvalue weighted by molar-refractivity contribution is 0.142. The number of hydrogen-bond donors (Lipinski definition) is 0. The van der Waals surface area contributed by atoms with Crippen LogP contribution < -0.4 is 4.74 Å². The first kappa shape index (κ1) is 21.6. The summed E-state index contributed by atoms with van der Waals surface area (Å²) in [4.78, 5) is 0. The molecule has 0 aliphatic heterocycles. The van der Waals surface area contributed by atoms with Gasteiger partial charge in [-0.1, -0.05) is 45.1 Å². The molecule has 0 bridgehead atoms. The normalized spacial score (nSPS) is 27.3. The second-order valence-corrected chi connectivity index (χ2v) is 9.76. The maximum Gasteiger partial charge on any atom is 0.167 e. The van der Waals surface area contributed by atoms with Gasteiger partial charge in [0.15, 0.2) is 11.6 Å². The molecule has 0 unspecified atom stereocenters. The summed E-state index contributed by atoms with van der Waals surface area (Å²) in [5.74, 6) is 2.60. The van der Waals surface area contributed by atoms with Gasteiger partial charge in [-0.05, 0) is 91.3 Å². The van der Waals surface area contributed by atoms with Crippen LogP contribution >= 0.6 is 0 Å². The van der Waals surface area contributed by atoms with Crippen LogP contribution in [0.2, 0.25) is 0 Å². The molecule has 2 aliphatic carbocycles. The zero-order chi connectivity index (χ0) is 21.1. The number of rotatable bonds is 6. The Labute approximate surface area is 180 Å². The molecule has 1 nitrogen and oxygen atoms in total. The van der Waals surface area contributed by atoms with E-state index >= 15 is 0 Å². The van der Waals surface area contributed by atoms with E-state index in [1.54, 1.807) is 12.1 Å². The Kier molecular flexibility index (Phi) is 6.95. The fourth-order valence-electron chi connectivity index (χ4n) is 6.05. The predicted molar refractivity (Wildman–Crippen MR) is 120 cm³/mol. The van der Waals surface area contributed by atoms with Crippen molar-refractivity contribution in [3.63, 3.8) is 0 Å². The van der Waals surface area contributed by atoms with Gasteiger partial charge in [-0.2, -0.15) is 0 Å². The third-order valence-corrected chi connectivity index (χ3v) is 8.15. The minimum Gasteiger partial charge on any atom is -0.497 e. The van der Waals surface area contributed by atoms with Crippen LogP contribution in [0.4, 0.5) is 8.78 Å². The van der Waals surface area contributed by atoms with Crippen LogP contribution in [0.5, 0.6) is 5.75 Å². The molecule has 0 atom stereocenters. The molecule has 2 aromatic rings. The van der Waals surface area contributed by atoms with Crippen molar-refractivity contribution in [2.75, 3.05) is 7.11 Å². The van der Waals surface area contributed by atoms with Gasteiger partial charge in [0.1, 0.15) is 5.75 Å².